The Morgan fingerprint density at radius 1 is 0.364 bits per heavy atom. The Bertz CT molecular complexity index is 2620. The molecule has 0 saturated carbocycles. The summed E-state index contributed by atoms with van der Waals surface area (Å²) in [5.41, 5.74) is 15.8. The van der Waals surface area contributed by atoms with Crippen molar-refractivity contribution in [2.75, 3.05) is 0 Å². The lowest BCUT2D eigenvalue weighted by atomic mass is 9.89. The van der Waals surface area contributed by atoms with Gasteiger partial charge in [0.1, 0.15) is 0 Å². The number of rotatable bonds is 9. The summed E-state index contributed by atoms with van der Waals surface area (Å²) < 4.78 is 0. The van der Waals surface area contributed by atoms with Crippen molar-refractivity contribution < 1.29 is 0 Å². The van der Waals surface area contributed by atoms with Crippen molar-refractivity contribution in [3.05, 3.63) is 236 Å². The summed E-state index contributed by atoms with van der Waals surface area (Å²) in [4.78, 5) is 10.6. The van der Waals surface area contributed by atoms with E-state index in [1.165, 1.54) is 11.1 Å². The highest BCUT2D eigenvalue weighted by molar-refractivity contribution is 6.13. The van der Waals surface area contributed by atoms with Crippen LogP contribution in [0.25, 0.3) is 61.3 Å². The van der Waals surface area contributed by atoms with Gasteiger partial charge in [-0.15, -0.1) is 0 Å². The second kappa shape index (κ2) is 16.2. The lowest BCUT2D eigenvalue weighted by Gasteiger charge is -2.16. The van der Waals surface area contributed by atoms with Crippen LogP contribution in [0.1, 0.15) is 23.6 Å². The molecule has 0 heterocycles. The van der Waals surface area contributed by atoms with Crippen molar-refractivity contribution >= 4 is 17.2 Å². The van der Waals surface area contributed by atoms with Crippen LogP contribution in [0.5, 0.6) is 0 Å². The molecule has 0 unspecified atom stereocenters. The molecule has 0 radical (unpaired) electrons. The maximum atomic E-state index is 5.31. The van der Waals surface area contributed by atoms with E-state index < -0.39 is 0 Å². The molecule has 0 N–H and O–H groups in total. The number of aliphatic imine (C=N–C) groups is 2. The van der Waals surface area contributed by atoms with Crippen LogP contribution in [0.2, 0.25) is 0 Å². The van der Waals surface area contributed by atoms with Gasteiger partial charge in [-0.1, -0.05) is 195 Å². The largest absolute Gasteiger partial charge is 0.233 e. The van der Waals surface area contributed by atoms with Crippen molar-refractivity contribution in [2.45, 2.75) is 6.92 Å². The van der Waals surface area contributed by atoms with E-state index in [0.717, 1.165) is 66.9 Å². The van der Waals surface area contributed by atoms with Gasteiger partial charge in [-0.05, 0) is 92.4 Å². The third kappa shape index (κ3) is 7.95. The molecule has 2 heteroatoms. The zero-order valence-electron chi connectivity index (χ0n) is 30.8. The van der Waals surface area contributed by atoms with Gasteiger partial charge >= 0.3 is 0 Å². The van der Waals surface area contributed by atoms with Gasteiger partial charge < -0.3 is 0 Å². The fourth-order valence-electron chi connectivity index (χ4n) is 7.03. The first-order valence-corrected chi connectivity index (χ1v) is 18.6. The van der Waals surface area contributed by atoms with Crippen LogP contribution in [0.4, 0.5) is 0 Å². The van der Waals surface area contributed by atoms with Crippen LogP contribution < -0.4 is 0 Å². The highest BCUT2D eigenvalue weighted by Gasteiger charge is 2.16. The summed E-state index contributed by atoms with van der Waals surface area (Å²) in [5, 5.41) is 0. The van der Waals surface area contributed by atoms with Crippen LogP contribution >= 0.6 is 0 Å². The van der Waals surface area contributed by atoms with E-state index in [1.54, 1.807) is 0 Å². The third-order valence-electron chi connectivity index (χ3n) is 9.83. The first kappa shape index (κ1) is 34.9. The van der Waals surface area contributed by atoms with E-state index in [4.69, 9.17) is 9.98 Å². The minimum atomic E-state index is 0.602. The average molecular weight is 705 g/mol. The van der Waals surface area contributed by atoms with Gasteiger partial charge in [-0.2, -0.15) is 0 Å². The van der Waals surface area contributed by atoms with E-state index in [-0.39, 0.29) is 0 Å². The molecule has 0 aliphatic carbocycles. The Labute approximate surface area is 324 Å². The van der Waals surface area contributed by atoms with Crippen LogP contribution in [-0.2, 0) is 0 Å². The lowest BCUT2D eigenvalue weighted by Crippen LogP contribution is -2.05. The summed E-state index contributed by atoms with van der Waals surface area (Å²) in [6, 6.07) is 74.1. The van der Waals surface area contributed by atoms with E-state index >= 15 is 0 Å². The van der Waals surface area contributed by atoms with Gasteiger partial charge in [0.25, 0.3) is 0 Å². The molecule has 0 amide bonds. The normalized spacial score (nSPS) is 11.7. The molecule has 0 saturated heterocycles. The third-order valence-corrected chi connectivity index (χ3v) is 9.83. The molecule has 8 aromatic rings. The molecule has 0 bridgehead atoms. The molecule has 8 aromatic carbocycles. The van der Waals surface area contributed by atoms with Crippen molar-refractivity contribution in [3.63, 3.8) is 0 Å². The predicted molar refractivity (Wildman–Crippen MR) is 234 cm³/mol. The first-order valence-electron chi connectivity index (χ1n) is 18.6. The van der Waals surface area contributed by atoms with Crippen LogP contribution in [-0.4, -0.2) is 11.5 Å². The molecule has 0 aliphatic rings. The summed E-state index contributed by atoms with van der Waals surface area (Å²) in [7, 11) is 0. The predicted octanol–water partition coefficient (Wildman–Crippen LogP) is 13.9. The van der Waals surface area contributed by atoms with Crippen molar-refractivity contribution in [1.82, 2.24) is 0 Å². The SMILES string of the molecule is C=C(N=C(N=C(C)c1cc(-c2ccccc2)cc(-c2cccc(-c3ccccc3)c2)c1)c1ccccc1)c1cccc(-c2ccccc2)c1-c1ccccc1. The highest BCUT2D eigenvalue weighted by atomic mass is 14.9. The molecule has 0 fully saturated rings. The standard InChI is InChI=1S/C53H40N2/c1-38(47-35-48(41-22-10-4-11-23-41)37-49(36-47)46-31-18-30-45(34-46)40-20-8-3-9-21-40)54-53(44-28-16-7-17-29-44)55-39(2)50-32-19-33-51(42-24-12-5-13-25-42)52(50)43-26-14-6-15-27-43/h3-37H,2H2,1H3. The molecule has 262 valence electrons. The smallest absolute Gasteiger partial charge is 0.160 e. The fraction of sp³-hybridized carbons (Fsp3) is 0.0189. The Morgan fingerprint density at radius 3 is 1.40 bits per heavy atom. The number of hydrogen-bond acceptors (Lipinski definition) is 1. The van der Waals surface area contributed by atoms with E-state index in [9.17, 15) is 0 Å². The first-order chi connectivity index (χ1) is 27.1. The summed E-state index contributed by atoms with van der Waals surface area (Å²) in [5.74, 6) is 0.602. The van der Waals surface area contributed by atoms with E-state index in [2.05, 4.69) is 195 Å². The van der Waals surface area contributed by atoms with Crippen LogP contribution in [0.15, 0.2) is 229 Å². The summed E-state index contributed by atoms with van der Waals surface area (Å²) in [6.45, 7) is 6.65. The van der Waals surface area contributed by atoms with Crippen molar-refractivity contribution in [1.29, 1.82) is 0 Å². The average Bonchev–Trinajstić information content (AvgIpc) is 3.27. The van der Waals surface area contributed by atoms with Gasteiger partial charge in [0, 0.05) is 16.8 Å². The van der Waals surface area contributed by atoms with Gasteiger partial charge in [0.2, 0.25) is 0 Å². The Balaban J connectivity index is 1.26. The lowest BCUT2D eigenvalue weighted by molar-refractivity contribution is 1.43. The van der Waals surface area contributed by atoms with Crippen molar-refractivity contribution in [2.24, 2.45) is 9.98 Å². The molecule has 0 aromatic heterocycles. The monoisotopic (exact) mass is 704 g/mol. The molecular formula is C53H40N2. The minimum absolute atomic E-state index is 0.602. The molecular weight excluding hydrogens is 665 g/mol. The summed E-state index contributed by atoms with van der Waals surface area (Å²) >= 11 is 0. The molecule has 55 heavy (non-hydrogen) atoms. The molecule has 2 nitrogen and oxygen atoms in total. The van der Waals surface area contributed by atoms with Gasteiger partial charge in [0.05, 0.1) is 5.70 Å². The molecule has 0 spiro atoms. The molecule has 0 aliphatic heterocycles. The Kier molecular flexibility index (Phi) is 10.3. The van der Waals surface area contributed by atoms with Gasteiger partial charge in [-0.25, -0.2) is 9.98 Å². The maximum absolute atomic E-state index is 5.31. The topological polar surface area (TPSA) is 24.7 Å². The highest BCUT2D eigenvalue weighted by Crippen LogP contribution is 2.38. The van der Waals surface area contributed by atoms with E-state index in [0.29, 0.717) is 11.5 Å². The Morgan fingerprint density at radius 2 is 0.800 bits per heavy atom. The zero-order chi connectivity index (χ0) is 37.4. The quantitative estimate of drug-likeness (QED) is 0.106. The number of benzene rings is 8. The zero-order valence-corrected chi connectivity index (χ0v) is 30.8. The second-order valence-electron chi connectivity index (χ2n) is 13.5. The van der Waals surface area contributed by atoms with Crippen LogP contribution in [0.3, 0.4) is 0 Å². The molecule has 8 rings (SSSR count). The van der Waals surface area contributed by atoms with Gasteiger partial charge in [-0.3, -0.25) is 0 Å². The number of amidine groups is 1. The Hall–Kier alpha value is -7.16. The second-order valence-corrected chi connectivity index (χ2v) is 13.5. The number of nitrogens with zero attached hydrogens (tertiary/aromatic N) is 2. The number of hydrogen-bond donors (Lipinski definition) is 0. The minimum Gasteiger partial charge on any atom is -0.233 e. The van der Waals surface area contributed by atoms with Crippen molar-refractivity contribution in [3.8, 4) is 55.6 Å². The van der Waals surface area contributed by atoms with E-state index in [1.807, 2.05) is 30.3 Å². The summed E-state index contributed by atoms with van der Waals surface area (Å²) in [6.07, 6.45) is 0. The van der Waals surface area contributed by atoms with Gasteiger partial charge in [0.15, 0.2) is 5.84 Å². The fourth-order valence-corrected chi connectivity index (χ4v) is 7.03. The van der Waals surface area contributed by atoms with Crippen LogP contribution in [0, 0.1) is 0 Å². The maximum Gasteiger partial charge on any atom is 0.160 e. The molecule has 0 atom stereocenters.